The number of rotatable bonds is 3. The molecule has 0 saturated heterocycles. The van der Waals surface area contributed by atoms with Gasteiger partial charge in [-0.1, -0.05) is 0 Å². The highest BCUT2D eigenvalue weighted by Gasteiger charge is 2.15. The fourth-order valence-electron chi connectivity index (χ4n) is 1.60. The van der Waals surface area contributed by atoms with E-state index in [2.05, 4.69) is 21.9 Å². The fourth-order valence-corrected chi connectivity index (χ4v) is 2.12. The number of anilines is 2. The van der Waals surface area contributed by atoms with Crippen molar-refractivity contribution in [1.29, 1.82) is 0 Å². The predicted octanol–water partition coefficient (Wildman–Crippen LogP) is 2.04. The Kier molecular flexibility index (Phi) is 3.14. The highest BCUT2D eigenvalue weighted by molar-refractivity contribution is 7.98. The van der Waals surface area contributed by atoms with Gasteiger partial charge in [0, 0.05) is 18.8 Å². The predicted molar refractivity (Wildman–Crippen MR) is 63.1 cm³/mol. The van der Waals surface area contributed by atoms with Crippen molar-refractivity contribution in [2.45, 2.75) is 12.5 Å². The average Bonchev–Trinajstić information content (AvgIpc) is 2.26. The van der Waals surface area contributed by atoms with Crippen LogP contribution in [-0.4, -0.2) is 29.6 Å². The summed E-state index contributed by atoms with van der Waals surface area (Å²) in [7, 11) is 0. The normalized spacial score (nSPS) is 19.4. The molecule has 1 aliphatic heterocycles. The molecule has 2 heterocycles. The molecule has 0 saturated carbocycles. The number of aromatic nitrogens is 1. The summed E-state index contributed by atoms with van der Waals surface area (Å²) in [6.07, 6.45) is 7.04. The molecule has 0 fully saturated rings. The maximum absolute atomic E-state index is 4.11. The van der Waals surface area contributed by atoms with E-state index in [4.69, 9.17) is 0 Å². The number of hydrogen-bond donors (Lipinski definition) is 2. The van der Waals surface area contributed by atoms with Crippen LogP contribution in [0.25, 0.3) is 0 Å². The number of fused-ring (bicyclic) bond motifs is 1. The zero-order chi connectivity index (χ0) is 9.80. The van der Waals surface area contributed by atoms with E-state index >= 15 is 0 Å². The van der Waals surface area contributed by atoms with Gasteiger partial charge in [0.2, 0.25) is 0 Å². The molecule has 1 aliphatic rings. The minimum Gasteiger partial charge on any atom is -0.381 e. The van der Waals surface area contributed by atoms with Crippen LogP contribution in [0.5, 0.6) is 0 Å². The van der Waals surface area contributed by atoms with Crippen molar-refractivity contribution in [2.75, 3.05) is 29.2 Å². The van der Waals surface area contributed by atoms with Crippen LogP contribution in [0.1, 0.15) is 6.42 Å². The SMILES string of the molecule is CSCCC1CNc2ccncc2N1. The number of hydrogen-bond acceptors (Lipinski definition) is 4. The summed E-state index contributed by atoms with van der Waals surface area (Å²) < 4.78 is 0. The number of thioether (sulfide) groups is 1. The molecule has 0 bridgehead atoms. The van der Waals surface area contributed by atoms with Gasteiger partial charge in [-0.15, -0.1) is 0 Å². The standard InChI is InChI=1S/C10H15N3S/c1-14-5-3-8-6-12-9-2-4-11-7-10(9)13-8/h2,4,7-8,12-13H,3,5-6H2,1H3. The van der Waals surface area contributed by atoms with Gasteiger partial charge in [0.1, 0.15) is 0 Å². The fraction of sp³-hybridized carbons (Fsp3) is 0.500. The first kappa shape index (κ1) is 9.65. The lowest BCUT2D eigenvalue weighted by molar-refractivity contribution is 0.718. The lowest BCUT2D eigenvalue weighted by Gasteiger charge is -2.27. The molecule has 76 valence electrons. The summed E-state index contributed by atoms with van der Waals surface area (Å²) >= 11 is 1.89. The van der Waals surface area contributed by atoms with Gasteiger partial charge in [-0.05, 0) is 24.5 Å². The molecule has 1 unspecified atom stereocenters. The molecular formula is C10H15N3S. The van der Waals surface area contributed by atoms with Gasteiger partial charge in [-0.2, -0.15) is 11.8 Å². The van der Waals surface area contributed by atoms with Crippen molar-refractivity contribution >= 4 is 23.1 Å². The minimum atomic E-state index is 0.541. The summed E-state index contributed by atoms with van der Waals surface area (Å²) in [5.74, 6) is 1.20. The molecule has 4 heteroatoms. The molecule has 0 aromatic carbocycles. The van der Waals surface area contributed by atoms with Crippen LogP contribution in [0, 0.1) is 0 Å². The number of nitrogens with one attached hydrogen (secondary N) is 2. The summed E-state index contributed by atoms with van der Waals surface area (Å²) in [4.78, 5) is 4.11. The summed E-state index contributed by atoms with van der Waals surface area (Å²) in [6.45, 7) is 1.01. The Balaban J connectivity index is 1.99. The molecule has 0 spiro atoms. The van der Waals surface area contributed by atoms with Gasteiger partial charge >= 0.3 is 0 Å². The van der Waals surface area contributed by atoms with Gasteiger partial charge in [0.05, 0.1) is 17.6 Å². The van der Waals surface area contributed by atoms with Gasteiger partial charge in [0.25, 0.3) is 0 Å². The average molecular weight is 209 g/mol. The van der Waals surface area contributed by atoms with E-state index in [1.807, 2.05) is 30.2 Å². The van der Waals surface area contributed by atoms with Crippen LogP contribution in [0.15, 0.2) is 18.5 Å². The Labute approximate surface area is 88.7 Å². The van der Waals surface area contributed by atoms with Crippen molar-refractivity contribution in [1.82, 2.24) is 4.98 Å². The van der Waals surface area contributed by atoms with E-state index < -0.39 is 0 Å². The molecule has 2 rings (SSSR count). The molecule has 0 radical (unpaired) electrons. The highest BCUT2D eigenvalue weighted by atomic mass is 32.2. The third kappa shape index (κ3) is 2.12. The van der Waals surface area contributed by atoms with E-state index in [0.29, 0.717) is 6.04 Å². The largest absolute Gasteiger partial charge is 0.381 e. The summed E-state index contributed by atoms with van der Waals surface area (Å²) in [6, 6.07) is 2.55. The van der Waals surface area contributed by atoms with Crippen molar-refractivity contribution in [2.24, 2.45) is 0 Å². The van der Waals surface area contributed by atoms with Crippen LogP contribution in [0.2, 0.25) is 0 Å². The van der Waals surface area contributed by atoms with E-state index in [1.54, 1.807) is 0 Å². The molecule has 3 nitrogen and oxygen atoms in total. The van der Waals surface area contributed by atoms with Crippen molar-refractivity contribution in [3.63, 3.8) is 0 Å². The molecule has 1 aromatic heterocycles. The third-order valence-corrected chi connectivity index (χ3v) is 3.03. The molecule has 0 aliphatic carbocycles. The van der Waals surface area contributed by atoms with Gasteiger partial charge < -0.3 is 10.6 Å². The minimum absolute atomic E-state index is 0.541. The Morgan fingerprint density at radius 2 is 2.50 bits per heavy atom. The van der Waals surface area contributed by atoms with Gasteiger partial charge in [-0.25, -0.2) is 0 Å². The summed E-state index contributed by atoms with van der Waals surface area (Å²) in [5.41, 5.74) is 2.30. The van der Waals surface area contributed by atoms with Crippen LogP contribution < -0.4 is 10.6 Å². The quantitative estimate of drug-likeness (QED) is 0.799. The van der Waals surface area contributed by atoms with Crippen molar-refractivity contribution in [3.05, 3.63) is 18.5 Å². The van der Waals surface area contributed by atoms with Crippen molar-refractivity contribution in [3.8, 4) is 0 Å². The molecule has 0 amide bonds. The first-order chi connectivity index (χ1) is 6.90. The topological polar surface area (TPSA) is 37.0 Å². The summed E-state index contributed by atoms with van der Waals surface area (Å²) in [5, 5.41) is 6.90. The van der Waals surface area contributed by atoms with E-state index in [0.717, 1.165) is 12.2 Å². The molecule has 2 N–H and O–H groups in total. The van der Waals surface area contributed by atoms with Crippen LogP contribution in [-0.2, 0) is 0 Å². The van der Waals surface area contributed by atoms with Crippen LogP contribution >= 0.6 is 11.8 Å². The number of nitrogens with zero attached hydrogens (tertiary/aromatic N) is 1. The lowest BCUT2D eigenvalue weighted by Crippen LogP contribution is -2.33. The van der Waals surface area contributed by atoms with Gasteiger partial charge in [0.15, 0.2) is 0 Å². The zero-order valence-electron chi connectivity index (χ0n) is 8.29. The monoisotopic (exact) mass is 209 g/mol. The van der Waals surface area contributed by atoms with E-state index in [9.17, 15) is 0 Å². The lowest BCUT2D eigenvalue weighted by atomic mass is 10.1. The molecular weight excluding hydrogens is 194 g/mol. The zero-order valence-corrected chi connectivity index (χ0v) is 9.10. The smallest absolute Gasteiger partial charge is 0.0765 e. The maximum atomic E-state index is 4.11. The first-order valence-corrected chi connectivity index (χ1v) is 6.23. The first-order valence-electron chi connectivity index (χ1n) is 4.83. The van der Waals surface area contributed by atoms with Crippen molar-refractivity contribution < 1.29 is 0 Å². The molecule has 14 heavy (non-hydrogen) atoms. The number of pyridine rings is 1. The third-order valence-electron chi connectivity index (χ3n) is 2.39. The second-order valence-corrected chi connectivity index (χ2v) is 4.41. The second kappa shape index (κ2) is 4.55. The Bertz CT molecular complexity index is 303. The Morgan fingerprint density at radius 1 is 1.57 bits per heavy atom. The molecule has 1 aromatic rings. The van der Waals surface area contributed by atoms with E-state index in [1.165, 1.54) is 17.9 Å². The Morgan fingerprint density at radius 3 is 3.36 bits per heavy atom. The van der Waals surface area contributed by atoms with Gasteiger partial charge in [-0.3, -0.25) is 4.98 Å². The maximum Gasteiger partial charge on any atom is 0.0765 e. The second-order valence-electron chi connectivity index (χ2n) is 3.42. The Hall–Kier alpha value is -0.900. The molecule has 1 atom stereocenters. The van der Waals surface area contributed by atoms with Crippen LogP contribution in [0.3, 0.4) is 0 Å². The highest BCUT2D eigenvalue weighted by Crippen LogP contribution is 2.25. The van der Waals surface area contributed by atoms with Crippen LogP contribution in [0.4, 0.5) is 11.4 Å². The van der Waals surface area contributed by atoms with E-state index in [-0.39, 0.29) is 0 Å².